The van der Waals surface area contributed by atoms with Crippen LogP contribution in [-0.4, -0.2) is 16.2 Å². The molecular weight excluding hydrogens is 282 g/mol. The van der Waals surface area contributed by atoms with Crippen molar-refractivity contribution in [3.63, 3.8) is 0 Å². The van der Waals surface area contributed by atoms with Crippen molar-refractivity contribution in [2.24, 2.45) is 5.11 Å². The van der Waals surface area contributed by atoms with Crippen molar-refractivity contribution in [3.8, 4) is 0 Å². The van der Waals surface area contributed by atoms with Crippen molar-refractivity contribution in [1.82, 2.24) is 9.97 Å². The standard InChI is InChI=1S/C12H12ClN5S/c1-12(2,17-18-14)9-6-16-11(19-3)8-5-15-10(13)4-7(8)9/h4-6H,1-3H3. The molecule has 0 spiro atoms. The summed E-state index contributed by atoms with van der Waals surface area (Å²) >= 11 is 7.51. The van der Waals surface area contributed by atoms with E-state index in [0.717, 1.165) is 21.4 Å². The van der Waals surface area contributed by atoms with Crippen LogP contribution in [-0.2, 0) is 5.54 Å². The van der Waals surface area contributed by atoms with E-state index in [4.69, 9.17) is 17.1 Å². The van der Waals surface area contributed by atoms with E-state index < -0.39 is 5.54 Å². The second-order valence-corrected chi connectivity index (χ2v) is 5.66. The van der Waals surface area contributed by atoms with E-state index in [-0.39, 0.29) is 0 Å². The Kier molecular flexibility index (Phi) is 3.85. The second-order valence-electron chi connectivity index (χ2n) is 4.48. The van der Waals surface area contributed by atoms with E-state index >= 15 is 0 Å². The topological polar surface area (TPSA) is 74.5 Å². The molecule has 7 heteroatoms. The Balaban J connectivity index is 2.83. The summed E-state index contributed by atoms with van der Waals surface area (Å²) in [5.74, 6) is 0. The van der Waals surface area contributed by atoms with Crippen LogP contribution in [0.5, 0.6) is 0 Å². The van der Waals surface area contributed by atoms with Crippen molar-refractivity contribution in [2.75, 3.05) is 6.26 Å². The van der Waals surface area contributed by atoms with Gasteiger partial charge in [0.1, 0.15) is 10.2 Å². The smallest absolute Gasteiger partial charge is 0.129 e. The van der Waals surface area contributed by atoms with Gasteiger partial charge in [-0.2, -0.15) is 0 Å². The van der Waals surface area contributed by atoms with Crippen LogP contribution in [0.2, 0.25) is 5.15 Å². The third kappa shape index (κ3) is 2.61. The molecule has 19 heavy (non-hydrogen) atoms. The summed E-state index contributed by atoms with van der Waals surface area (Å²) in [6.45, 7) is 3.69. The first-order valence-electron chi connectivity index (χ1n) is 5.54. The summed E-state index contributed by atoms with van der Waals surface area (Å²) in [5.41, 5.74) is 8.83. The summed E-state index contributed by atoms with van der Waals surface area (Å²) in [7, 11) is 0. The first kappa shape index (κ1) is 13.9. The van der Waals surface area contributed by atoms with Crippen LogP contribution >= 0.6 is 23.4 Å². The van der Waals surface area contributed by atoms with Crippen molar-refractivity contribution in [3.05, 3.63) is 39.6 Å². The van der Waals surface area contributed by atoms with Gasteiger partial charge in [0.2, 0.25) is 0 Å². The Hall–Kier alpha value is -1.49. The van der Waals surface area contributed by atoms with Gasteiger partial charge in [0, 0.05) is 22.7 Å². The van der Waals surface area contributed by atoms with Gasteiger partial charge in [-0.05, 0) is 28.8 Å². The number of hydrogen-bond donors (Lipinski definition) is 0. The molecule has 2 heterocycles. The molecule has 0 atom stereocenters. The fraction of sp³-hybridized carbons (Fsp3) is 0.333. The SMILES string of the molecule is CSc1ncc(C(C)(C)N=[N+]=[N-])c2cc(Cl)ncc12. The van der Waals surface area contributed by atoms with Crippen LogP contribution in [0.4, 0.5) is 0 Å². The van der Waals surface area contributed by atoms with E-state index in [0.29, 0.717) is 5.15 Å². The first-order chi connectivity index (χ1) is 8.99. The number of halogens is 1. The normalized spacial score (nSPS) is 11.4. The number of pyridine rings is 2. The van der Waals surface area contributed by atoms with Gasteiger partial charge < -0.3 is 0 Å². The predicted molar refractivity (Wildman–Crippen MR) is 78.5 cm³/mol. The molecular formula is C12H12ClN5S. The Labute approximate surface area is 120 Å². The van der Waals surface area contributed by atoms with Crippen molar-refractivity contribution in [1.29, 1.82) is 0 Å². The monoisotopic (exact) mass is 293 g/mol. The number of thioether (sulfide) groups is 1. The van der Waals surface area contributed by atoms with Gasteiger partial charge in [0.05, 0.1) is 5.54 Å². The fourth-order valence-electron chi connectivity index (χ4n) is 1.90. The summed E-state index contributed by atoms with van der Waals surface area (Å²) < 4.78 is 0. The molecule has 0 aromatic carbocycles. The molecule has 0 aliphatic heterocycles. The molecule has 0 unspecified atom stereocenters. The van der Waals surface area contributed by atoms with Crippen molar-refractivity contribution in [2.45, 2.75) is 24.4 Å². The lowest BCUT2D eigenvalue weighted by Gasteiger charge is -2.21. The predicted octanol–water partition coefficient (Wildman–Crippen LogP) is 4.55. The van der Waals surface area contributed by atoms with E-state index in [2.05, 4.69) is 20.0 Å². The maximum Gasteiger partial charge on any atom is 0.129 e. The van der Waals surface area contributed by atoms with E-state index in [9.17, 15) is 0 Å². The molecule has 0 saturated heterocycles. The van der Waals surface area contributed by atoms with Gasteiger partial charge in [0.25, 0.3) is 0 Å². The molecule has 0 bridgehead atoms. The Morgan fingerprint density at radius 1 is 1.32 bits per heavy atom. The van der Waals surface area contributed by atoms with Crippen LogP contribution < -0.4 is 0 Å². The lowest BCUT2D eigenvalue weighted by molar-refractivity contribution is 0.552. The molecule has 0 radical (unpaired) electrons. The molecule has 2 aromatic rings. The highest BCUT2D eigenvalue weighted by atomic mass is 35.5. The van der Waals surface area contributed by atoms with Crippen LogP contribution in [0.3, 0.4) is 0 Å². The lowest BCUT2D eigenvalue weighted by atomic mass is 9.93. The Morgan fingerprint density at radius 3 is 2.68 bits per heavy atom. The van der Waals surface area contributed by atoms with Crippen LogP contribution in [0.25, 0.3) is 21.2 Å². The molecule has 2 rings (SSSR count). The number of nitrogens with zero attached hydrogens (tertiary/aromatic N) is 5. The summed E-state index contributed by atoms with van der Waals surface area (Å²) in [6.07, 6.45) is 5.39. The maximum atomic E-state index is 8.69. The molecule has 0 amide bonds. The summed E-state index contributed by atoms with van der Waals surface area (Å²) in [6, 6.07) is 1.78. The second kappa shape index (κ2) is 5.25. The zero-order valence-electron chi connectivity index (χ0n) is 10.8. The molecule has 0 N–H and O–H groups in total. The number of fused-ring (bicyclic) bond motifs is 1. The average molecular weight is 294 g/mol. The van der Waals surface area contributed by atoms with Crippen LogP contribution in [0, 0.1) is 0 Å². The van der Waals surface area contributed by atoms with Crippen molar-refractivity contribution < 1.29 is 0 Å². The van der Waals surface area contributed by atoms with Crippen molar-refractivity contribution >= 4 is 34.1 Å². The molecule has 0 aliphatic rings. The fourth-order valence-corrected chi connectivity index (χ4v) is 2.60. The highest BCUT2D eigenvalue weighted by molar-refractivity contribution is 7.98. The lowest BCUT2D eigenvalue weighted by Crippen LogP contribution is -2.14. The Bertz CT molecular complexity index is 679. The van der Waals surface area contributed by atoms with Gasteiger partial charge in [-0.1, -0.05) is 30.6 Å². The molecule has 0 aliphatic carbocycles. The Morgan fingerprint density at radius 2 is 2.05 bits per heavy atom. The van der Waals surface area contributed by atoms with Gasteiger partial charge in [-0.25, -0.2) is 9.97 Å². The minimum Gasteiger partial charge on any atom is -0.249 e. The van der Waals surface area contributed by atoms with E-state index in [1.165, 1.54) is 11.8 Å². The summed E-state index contributed by atoms with van der Waals surface area (Å²) in [5, 5.41) is 6.94. The number of azide groups is 1. The third-order valence-electron chi connectivity index (χ3n) is 2.85. The maximum absolute atomic E-state index is 8.69. The van der Waals surface area contributed by atoms with Gasteiger partial charge in [-0.15, -0.1) is 11.8 Å². The molecule has 2 aromatic heterocycles. The van der Waals surface area contributed by atoms with Gasteiger partial charge in [-0.3, -0.25) is 0 Å². The minimum absolute atomic E-state index is 0.406. The van der Waals surface area contributed by atoms with Crippen LogP contribution in [0.15, 0.2) is 28.6 Å². The average Bonchev–Trinajstić information content (AvgIpc) is 2.36. The molecule has 5 nitrogen and oxygen atoms in total. The zero-order chi connectivity index (χ0) is 14.0. The largest absolute Gasteiger partial charge is 0.249 e. The number of rotatable bonds is 3. The molecule has 0 fully saturated rings. The first-order valence-corrected chi connectivity index (χ1v) is 7.15. The van der Waals surface area contributed by atoms with Gasteiger partial charge >= 0.3 is 0 Å². The highest BCUT2D eigenvalue weighted by Gasteiger charge is 2.23. The van der Waals surface area contributed by atoms with E-state index in [1.807, 2.05) is 20.1 Å². The quantitative estimate of drug-likeness (QED) is 0.274. The third-order valence-corrected chi connectivity index (χ3v) is 3.77. The van der Waals surface area contributed by atoms with Crippen LogP contribution in [0.1, 0.15) is 19.4 Å². The molecule has 98 valence electrons. The highest BCUT2D eigenvalue weighted by Crippen LogP contribution is 2.35. The number of aromatic nitrogens is 2. The summed E-state index contributed by atoms with van der Waals surface area (Å²) in [4.78, 5) is 11.4. The number of hydrogen-bond acceptors (Lipinski definition) is 4. The molecule has 0 saturated carbocycles. The zero-order valence-corrected chi connectivity index (χ0v) is 12.3. The van der Waals surface area contributed by atoms with Gasteiger partial charge in [0.15, 0.2) is 0 Å². The minimum atomic E-state index is -0.693. The van der Waals surface area contributed by atoms with E-state index in [1.54, 1.807) is 18.5 Å².